The Morgan fingerprint density at radius 2 is 1.97 bits per heavy atom. The van der Waals surface area contributed by atoms with Crippen LogP contribution in [0.4, 0.5) is 22.0 Å². The van der Waals surface area contributed by atoms with E-state index in [1.165, 1.54) is 18.3 Å². The summed E-state index contributed by atoms with van der Waals surface area (Å²) in [4.78, 5) is 19.8. The van der Waals surface area contributed by atoms with Crippen LogP contribution in [0.2, 0.25) is 0 Å². The molecule has 32 heavy (non-hydrogen) atoms. The Morgan fingerprint density at radius 1 is 1.19 bits per heavy atom. The molecule has 0 bridgehead atoms. The number of aromatic nitrogens is 3. The molecule has 0 saturated heterocycles. The minimum atomic E-state index is -4.77. The molecule has 3 aromatic rings. The molecule has 1 amide bonds. The first-order valence-corrected chi connectivity index (χ1v) is 9.47. The molecule has 2 aromatic heterocycles. The van der Waals surface area contributed by atoms with Gasteiger partial charge in [0.2, 0.25) is 11.8 Å². The average molecular weight is 454 g/mol. The fraction of sp³-hybridized carbons (Fsp3) is 0.300. The van der Waals surface area contributed by atoms with E-state index in [1.54, 1.807) is 0 Å². The normalized spacial score (nSPS) is 13.8. The predicted octanol–water partition coefficient (Wildman–Crippen LogP) is 4.15. The van der Waals surface area contributed by atoms with Gasteiger partial charge in [0.05, 0.1) is 18.7 Å². The van der Waals surface area contributed by atoms with Crippen LogP contribution in [0.25, 0.3) is 11.1 Å². The lowest BCUT2D eigenvalue weighted by molar-refractivity contribution is -0.146. The van der Waals surface area contributed by atoms with Crippen molar-refractivity contribution < 1.29 is 36.0 Å². The van der Waals surface area contributed by atoms with Crippen molar-refractivity contribution in [1.82, 2.24) is 20.4 Å². The second-order valence-corrected chi connectivity index (χ2v) is 7.15. The minimum Gasteiger partial charge on any atom is -0.477 e. The zero-order chi connectivity index (χ0) is 22.9. The molecular weight excluding hydrogens is 439 g/mol. The number of nitrogens with one attached hydrogen (secondary N) is 1. The van der Waals surface area contributed by atoms with E-state index >= 15 is 0 Å². The van der Waals surface area contributed by atoms with E-state index in [9.17, 15) is 26.7 Å². The van der Waals surface area contributed by atoms with Gasteiger partial charge in [-0.15, -0.1) is 0 Å². The van der Waals surface area contributed by atoms with Crippen LogP contribution in [0, 0.1) is 17.6 Å². The molecule has 12 heteroatoms. The SMILES string of the molecule is O=C(NCc1nc(C(F)(F)F)no1)c1cnc(OCC2CC2)c(-c2ccc(F)c(F)c2)c1. The van der Waals surface area contributed by atoms with E-state index in [4.69, 9.17) is 4.74 Å². The topological polar surface area (TPSA) is 90.1 Å². The lowest BCUT2D eigenvalue weighted by Gasteiger charge is -2.12. The van der Waals surface area contributed by atoms with Crippen LogP contribution in [-0.4, -0.2) is 27.6 Å². The number of halogens is 5. The van der Waals surface area contributed by atoms with Crippen LogP contribution in [0.15, 0.2) is 35.0 Å². The number of benzene rings is 1. The summed E-state index contributed by atoms with van der Waals surface area (Å²) in [6.07, 6.45) is -1.53. The largest absolute Gasteiger partial charge is 0.477 e. The van der Waals surface area contributed by atoms with Gasteiger partial charge in [-0.05, 0) is 42.5 Å². The van der Waals surface area contributed by atoms with E-state index in [-0.39, 0.29) is 22.6 Å². The highest BCUT2D eigenvalue weighted by Gasteiger charge is 2.37. The van der Waals surface area contributed by atoms with E-state index in [2.05, 4.69) is 25.0 Å². The first-order chi connectivity index (χ1) is 15.2. The predicted molar refractivity (Wildman–Crippen MR) is 98.3 cm³/mol. The molecule has 1 fully saturated rings. The molecule has 0 unspecified atom stereocenters. The second-order valence-electron chi connectivity index (χ2n) is 7.15. The third kappa shape index (κ3) is 5.01. The summed E-state index contributed by atoms with van der Waals surface area (Å²) in [5, 5.41) is 5.14. The van der Waals surface area contributed by atoms with Crippen molar-refractivity contribution in [2.24, 2.45) is 5.92 Å². The number of pyridine rings is 1. The van der Waals surface area contributed by atoms with Crippen molar-refractivity contribution in [3.8, 4) is 17.0 Å². The fourth-order valence-corrected chi connectivity index (χ4v) is 2.74. The molecule has 0 atom stereocenters. The highest BCUT2D eigenvalue weighted by molar-refractivity contribution is 5.95. The molecule has 0 aliphatic heterocycles. The molecule has 1 N–H and O–H groups in total. The Morgan fingerprint density at radius 3 is 2.62 bits per heavy atom. The molecule has 0 spiro atoms. The summed E-state index contributed by atoms with van der Waals surface area (Å²) >= 11 is 0. The van der Waals surface area contributed by atoms with Crippen LogP contribution in [0.3, 0.4) is 0 Å². The number of carbonyl (C=O) groups excluding carboxylic acids is 1. The van der Waals surface area contributed by atoms with E-state index in [1.807, 2.05) is 0 Å². The van der Waals surface area contributed by atoms with E-state index in [0.29, 0.717) is 12.5 Å². The van der Waals surface area contributed by atoms with Crippen molar-refractivity contribution in [2.45, 2.75) is 25.6 Å². The Labute approximate surface area is 177 Å². The molecule has 168 valence electrons. The summed E-state index contributed by atoms with van der Waals surface area (Å²) in [5.41, 5.74) is 0.511. The van der Waals surface area contributed by atoms with Gasteiger partial charge in [0, 0.05) is 11.8 Å². The maximum atomic E-state index is 13.8. The average Bonchev–Trinajstić information content (AvgIpc) is 3.45. The monoisotopic (exact) mass is 454 g/mol. The third-order valence-corrected chi connectivity index (χ3v) is 4.62. The molecule has 0 radical (unpaired) electrons. The van der Waals surface area contributed by atoms with Gasteiger partial charge in [-0.1, -0.05) is 11.2 Å². The zero-order valence-electron chi connectivity index (χ0n) is 16.2. The smallest absolute Gasteiger partial charge is 0.455 e. The molecular formula is C20H15F5N4O3. The van der Waals surface area contributed by atoms with E-state index < -0.39 is 42.0 Å². The van der Waals surface area contributed by atoms with Crippen LogP contribution < -0.4 is 10.1 Å². The Hall–Kier alpha value is -3.57. The van der Waals surface area contributed by atoms with Gasteiger partial charge in [0.25, 0.3) is 11.7 Å². The van der Waals surface area contributed by atoms with E-state index in [0.717, 1.165) is 25.0 Å². The van der Waals surface area contributed by atoms with Gasteiger partial charge in [-0.25, -0.2) is 13.8 Å². The van der Waals surface area contributed by atoms with Gasteiger partial charge in [0.15, 0.2) is 11.6 Å². The summed E-state index contributed by atoms with van der Waals surface area (Å²) in [6.45, 7) is -0.0592. The summed E-state index contributed by atoms with van der Waals surface area (Å²) in [6, 6.07) is 4.58. The van der Waals surface area contributed by atoms with Crippen LogP contribution >= 0.6 is 0 Å². The van der Waals surface area contributed by atoms with Crippen molar-refractivity contribution in [1.29, 1.82) is 0 Å². The van der Waals surface area contributed by atoms with Gasteiger partial charge >= 0.3 is 6.18 Å². The second kappa shape index (κ2) is 8.52. The number of hydrogen-bond acceptors (Lipinski definition) is 6. The lowest BCUT2D eigenvalue weighted by atomic mass is 10.0. The van der Waals surface area contributed by atoms with Gasteiger partial charge in [-0.3, -0.25) is 4.79 Å². The number of nitrogens with zero attached hydrogens (tertiary/aromatic N) is 3. The van der Waals surface area contributed by atoms with Crippen molar-refractivity contribution in [3.63, 3.8) is 0 Å². The Kier molecular flexibility index (Phi) is 5.76. The number of rotatable bonds is 7. The maximum absolute atomic E-state index is 13.8. The van der Waals surface area contributed by atoms with Gasteiger partial charge in [-0.2, -0.15) is 18.2 Å². The summed E-state index contributed by atoms with van der Waals surface area (Å²) in [5.74, 6) is -4.18. The van der Waals surface area contributed by atoms with Gasteiger partial charge in [0.1, 0.15) is 0 Å². The van der Waals surface area contributed by atoms with Crippen molar-refractivity contribution in [2.75, 3.05) is 6.61 Å². The summed E-state index contributed by atoms with van der Waals surface area (Å²) in [7, 11) is 0. The van der Waals surface area contributed by atoms with Crippen LogP contribution in [0.5, 0.6) is 5.88 Å². The maximum Gasteiger partial charge on any atom is 0.455 e. The van der Waals surface area contributed by atoms with Crippen molar-refractivity contribution >= 4 is 5.91 Å². The Bertz CT molecular complexity index is 1140. The quantitative estimate of drug-likeness (QED) is 0.540. The van der Waals surface area contributed by atoms with Crippen LogP contribution in [0.1, 0.15) is 34.9 Å². The molecule has 1 saturated carbocycles. The third-order valence-electron chi connectivity index (χ3n) is 4.62. The molecule has 1 aliphatic carbocycles. The highest BCUT2D eigenvalue weighted by Crippen LogP contribution is 2.34. The number of carbonyl (C=O) groups is 1. The number of ether oxygens (including phenoxy) is 1. The molecule has 1 aromatic carbocycles. The lowest BCUT2D eigenvalue weighted by Crippen LogP contribution is -2.23. The standard InChI is InChI=1S/C20H15F5N4O3/c21-14-4-3-11(6-15(14)22)13-5-12(7-27-18(13)31-9-10-1-2-10)17(30)26-8-16-28-19(29-32-16)20(23,24)25/h3-7,10H,1-2,8-9H2,(H,26,30). The fourth-order valence-electron chi connectivity index (χ4n) is 2.74. The van der Waals surface area contributed by atoms with Gasteiger partial charge < -0.3 is 14.6 Å². The number of hydrogen-bond donors (Lipinski definition) is 1. The first-order valence-electron chi connectivity index (χ1n) is 9.47. The van der Waals surface area contributed by atoms with Crippen molar-refractivity contribution in [3.05, 3.63) is 59.4 Å². The van der Waals surface area contributed by atoms with Crippen LogP contribution in [-0.2, 0) is 12.7 Å². The first kappa shape index (κ1) is 21.7. The number of alkyl halides is 3. The molecule has 7 nitrogen and oxygen atoms in total. The summed E-state index contributed by atoms with van der Waals surface area (Å²) < 4.78 is 74.9. The molecule has 4 rings (SSSR count). The molecule has 1 aliphatic rings. The highest BCUT2D eigenvalue weighted by atomic mass is 19.4. The molecule has 2 heterocycles. The Balaban J connectivity index is 1.54. The number of amides is 1. The zero-order valence-corrected chi connectivity index (χ0v) is 16.2. The minimum absolute atomic E-state index is 0.0130.